The van der Waals surface area contributed by atoms with Crippen molar-refractivity contribution in [2.75, 3.05) is 29.4 Å². The van der Waals surface area contributed by atoms with Gasteiger partial charge in [-0.2, -0.15) is 0 Å². The van der Waals surface area contributed by atoms with Crippen LogP contribution in [0.15, 0.2) is 21.1 Å². The van der Waals surface area contributed by atoms with Gasteiger partial charge in [0.1, 0.15) is 0 Å². The summed E-state index contributed by atoms with van der Waals surface area (Å²) in [6.45, 7) is -0.269. The van der Waals surface area contributed by atoms with Crippen LogP contribution in [0.5, 0.6) is 0 Å². The first-order chi connectivity index (χ1) is 7.77. The van der Waals surface area contributed by atoms with Gasteiger partial charge in [0.2, 0.25) is 10.0 Å². The predicted molar refractivity (Wildman–Crippen MR) is 75.5 cm³/mol. The van der Waals surface area contributed by atoms with Crippen molar-refractivity contribution >= 4 is 53.3 Å². The van der Waals surface area contributed by atoms with E-state index in [1.54, 1.807) is 12.1 Å². The summed E-state index contributed by atoms with van der Waals surface area (Å²) in [4.78, 5) is 0. The van der Waals surface area contributed by atoms with Gasteiger partial charge in [-0.25, -0.2) is 8.42 Å². The third-order valence-corrected chi connectivity index (χ3v) is 4.54. The summed E-state index contributed by atoms with van der Waals surface area (Å²) < 4.78 is 25.5. The first-order valence-corrected chi connectivity index (χ1v) is 8.04. The van der Waals surface area contributed by atoms with Gasteiger partial charge in [-0.15, -0.1) is 0 Å². The van der Waals surface area contributed by atoms with Crippen molar-refractivity contribution in [2.45, 2.75) is 0 Å². The molecule has 0 aliphatic heterocycles. The fourth-order valence-corrected chi connectivity index (χ4v) is 3.24. The van der Waals surface area contributed by atoms with E-state index < -0.39 is 10.0 Å². The Morgan fingerprint density at radius 3 is 2.41 bits per heavy atom. The van der Waals surface area contributed by atoms with E-state index in [1.165, 1.54) is 0 Å². The van der Waals surface area contributed by atoms with E-state index in [2.05, 4.69) is 31.9 Å². The van der Waals surface area contributed by atoms with E-state index in [-0.39, 0.29) is 13.2 Å². The molecule has 0 atom stereocenters. The number of nitrogens with zero attached hydrogens (tertiary/aromatic N) is 1. The van der Waals surface area contributed by atoms with E-state index in [0.29, 0.717) is 20.3 Å². The fraction of sp³-hybridized carbons (Fsp3) is 0.333. The Labute approximate surface area is 117 Å². The third kappa shape index (κ3) is 3.57. The van der Waals surface area contributed by atoms with E-state index in [9.17, 15) is 8.42 Å². The molecule has 5 nitrogen and oxygen atoms in total. The summed E-state index contributed by atoms with van der Waals surface area (Å²) in [6, 6.07) is 3.20. The highest BCUT2D eigenvalue weighted by molar-refractivity contribution is 9.11. The van der Waals surface area contributed by atoms with Crippen LogP contribution in [0.4, 0.5) is 11.4 Å². The van der Waals surface area contributed by atoms with E-state index >= 15 is 0 Å². The first-order valence-electron chi connectivity index (χ1n) is 4.60. The normalized spacial score (nSPS) is 11.5. The number of sulfonamides is 1. The molecular formula is C9H12Br2N2O3S. The summed E-state index contributed by atoms with van der Waals surface area (Å²) in [6.07, 6.45) is 1.08. The van der Waals surface area contributed by atoms with Crippen LogP contribution < -0.4 is 10.0 Å². The molecule has 0 bridgehead atoms. The summed E-state index contributed by atoms with van der Waals surface area (Å²) in [5, 5.41) is 8.92. The first kappa shape index (κ1) is 14.7. The van der Waals surface area contributed by atoms with Gasteiger partial charge in [-0.05, 0) is 44.0 Å². The Morgan fingerprint density at radius 1 is 1.35 bits per heavy atom. The quantitative estimate of drug-likeness (QED) is 0.767. The lowest BCUT2D eigenvalue weighted by molar-refractivity contribution is 0.306. The molecule has 0 aliphatic carbocycles. The van der Waals surface area contributed by atoms with Crippen molar-refractivity contribution in [3.05, 3.63) is 21.1 Å². The molecule has 3 N–H and O–H groups in total. The molecule has 0 fully saturated rings. The molecule has 0 unspecified atom stereocenters. The SMILES string of the molecule is CS(=O)(=O)N(CCO)c1cc(Br)c(N)cc1Br. The number of anilines is 2. The highest BCUT2D eigenvalue weighted by Gasteiger charge is 2.20. The van der Waals surface area contributed by atoms with Gasteiger partial charge in [0.25, 0.3) is 0 Å². The van der Waals surface area contributed by atoms with E-state index in [4.69, 9.17) is 10.8 Å². The zero-order valence-corrected chi connectivity index (χ0v) is 13.0. The second kappa shape index (κ2) is 5.55. The van der Waals surface area contributed by atoms with Crippen LogP contribution in [-0.4, -0.2) is 32.9 Å². The minimum absolute atomic E-state index is 0.00616. The van der Waals surface area contributed by atoms with Gasteiger partial charge in [-0.3, -0.25) is 4.31 Å². The van der Waals surface area contributed by atoms with Crippen LogP contribution in [0.3, 0.4) is 0 Å². The zero-order chi connectivity index (χ0) is 13.2. The highest BCUT2D eigenvalue weighted by atomic mass is 79.9. The number of hydrogen-bond donors (Lipinski definition) is 2. The number of nitrogens with two attached hydrogens (primary N) is 1. The van der Waals surface area contributed by atoms with Gasteiger partial charge in [-0.1, -0.05) is 0 Å². The predicted octanol–water partition coefficient (Wildman–Crippen LogP) is 1.55. The fourth-order valence-electron chi connectivity index (χ4n) is 1.30. The van der Waals surface area contributed by atoms with Crippen molar-refractivity contribution in [3.63, 3.8) is 0 Å². The summed E-state index contributed by atoms with van der Waals surface area (Å²) >= 11 is 6.49. The Balaban J connectivity index is 3.34. The van der Waals surface area contributed by atoms with Crippen molar-refractivity contribution in [3.8, 4) is 0 Å². The number of aliphatic hydroxyl groups excluding tert-OH is 1. The Morgan fingerprint density at radius 2 is 1.94 bits per heavy atom. The van der Waals surface area contributed by atoms with E-state index in [0.717, 1.165) is 10.6 Å². The van der Waals surface area contributed by atoms with Gasteiger partial charge in [0.05, 0.1) is 25.1 Å². The standard InChI is InChI=1S/C9H12Br2N2O3S/c1-17(15,16)13(2-3-14)9-5-6(10)8(12)4-7(9)11/h4-5,14H,2-3,12H2,1H3. The van der Waals surface area contributed by atoms with Crippen molar-refractivity contribution in [1.82, 2.24) is 0 Å². The van der Waals surface area contributed by atoms with Crippen LogP contribution in [0.25, 0.3) is 0 Å². The van der Waals surface area contributed by atoms with Crippen molar-refractivity contribution in [1.29, 1.82) is 0 Å². The molecule has 0 saturated heterocycles. The Kier molecular flexibility index (Phi) is 4.82. The molecule has 0 saturated carbocycles. The zero-order valence-electron chi connectivity index (χ0n) is 9.02. The molecular weight excluding hydrogens is 376 g/mol. The topological polar surface area (TPSA) is 83.6 Å². The average Bonchev–Trinajstić information content (AvgIpc) is 2.19. The van der Waals surface area contributed by atoms with Crippen LogP contribution in [0.1, 0.15) is 0 Å². The highest BCUT2D eigenvalue weighted by Crippen LogP contribution is 2.34. The smallest absolute Gasteiger partial charge is 0.232 e. The lowest BCUT2D eigenvalue weighted by Crippen LogP contribution is -2.32. The molecule has 1 aromatic carbocycles. The molecule has 96 valence electrons. The maximum absolute atomic E-state index is 11.6. The summed E-state index contributed by atoms with van der Waals surface area (Å²) in [5.41, 5.74) is 6.61. The summed E-state index contributed by atoms with van der Waals surface area (Å²) in [7, 11) is -3.45. The Hall–Kier alpha value is -0.310. The van der Waals surface area contributed by atoms with Gasteiger partial charge >= 0.3 is 0 Å². The Bertz CT molecular complexity index is 519. The monoisotopic (exact) mass is 386 g/mol. The molecule has 0 aliphatic rings. The molecule has 17 heavy (non-hydrogen) atoms. The van der Waals surface area contributed by atoms with Crippen LogP contribution >= 0.6 is 31.9 Å². The van der Waals surface area contributed by atoms with Crippen LogP contribution in [-0.2, 0) is 10.0 Å². The minimum Gasteiger partial charge on any atom is -0.398 e. The van der Waals surface area contributed by atoms with E-state index in [1.807, 2.05) is 0 Å². The number of hydrogen-bond acceptors (Lipinski definition) is 4. The average molecular weight is 388 g/mol. The molecule has 0 heterocycles. The number of aliphatic hydroxyl groups is 1. The van der Waals surface area contributed by atoms with Crippen molar-refractivity contribution in [2.24, 2.45) is 0 Å². The number of benzene rings is 1. The molecule has 8 heteroatoms. The summed E-state index contributed by atoms with van der Waals surface area (Å²) in [5.74, 6) is 0. The molecule has 1 aromatic rings. The van der Waals surface area contributed by atoms with Gasteiger partial charge in [0, 0.05) is 14.6 Å². The largest absolute Gasteiger partial charge is 0.398 e. The van der Waals surface area contributed by atoms with Gasteiger partial charge < -0.3 is 10.8 Å². The number of halogens is 2. The minimum atomic E-state index is -3.45. The van der Waals surface area contributed by atoms with Gasteiger partial charge in [0.15, 0.2) is 0 Å². The lowest BCUT2D eigenvalue weighted by Gasteiger charge is -2.23. The van der Waals surface area contributed by atoms with Crippen LogP contribution in [0.2, 0.25) is 0 Å². The molecule has 0 amide bonds. The number of nitrogen functional groups attached to an aromatic ring is 1. The molecule has 0 radical (unpaired) electrons. The van der Waals surface area contributed by atoms with Crippen LogP contribution in [0, 0.1) is 0 Å². The second-order valence-corrected chi connectivity index (χ2v) is 7.00. The number of rotatable bonds is 4. The van der Waals surface area contributed by atoms with Crippen molar-refractivity contribution < 1.29 is 13.5 Å². The third-order valence-electron chi connectivity index (χ3n) is 2.04. The molecule has 0 spiro atoms. The maximum atomic E-state index is 11.6. The second-order valence-electron chi connectivity index (χ2n) is 3.38. The molecule has 1 rings (SSSR count). The molecule has 0 aromatic heterocycles. The maximum Gasteiger partial charge on any atom is 0.232 e. The lowest BCUT2D eigenvalue weighted by atomic mass is 10.3.